The third kappa shape index (κ3) is 4.27. The molecular weight excluding hydrogens is 444 g/mol. The molecule has 2 atom stereocenters. The third-order valence-electron chi connectivity index (χ3n) is 5.66. The molecule has 0 bridgehead atoms. The molecule has 0 aliphatic heterocycles. The number of thiophene rings is 1. The second kappa shape index (κ2) is 9.19. The van der Waals surface area contributed by atoms with Crippen molar-refractivity contribution < 1.29 is 0 Å². The zero-order valence-electron chi connectivity index (χ0n) is 17.4. The summed E-state index contributed by atoms with van der Waals surface area (Å²) in [5, 5.41) is 1.86. The lowest BCUT2D eigenvalue weighted by molar-refractivity contribution is 0.772. The van der Waals surface area contributed by atoms with Crippen LogP contribution in [0.3, 0.4) is 0 Å². The first-order valence-electron chi connectivity index (χ1n) is 9.81. The molecule has 0 N–H and O–H groups in total. The van der Waals surface area contributed by atoms with E-state index in [0.29, 0.717) is 11.2 Å². The summed E-state index contributed by atoms with van der Waals surface area (Å²) >= 11 is 7.59. The highest BCUT2D eigenvalue weighted by Crippen LogP contribution is 2.41. The van der Waals surface area contributed by atoms with Gasteiger partial charge in [-0.1, -0.05) is 55.0 Å². The number of hydrogen-bond acceptors (Lipinski definition) is 2. The second-order valence-corrected chi connectivity index (χ2v) is 11.0. The average Bonchev–Trinajstić information content (AvgIpc) is 3.05. The van der Waals surface area contributed by atoms with E-state index in [1.807, 2.05) is 23.1 Å². The highest BCUT2D eigenvalue weighted by molar-refractivity contribution is 9.11. The van der Waals surface area contributed by atoms with E-state index in [2.05, 4.69) is 92.9 Å². The molecular formula is C25H29BrS2. The van der Waals surface area contributed by atoms with Gasteiger partial charge in [-0.3, -0.25) is 0 Å². The van der Waals surface area contributed by atoms with Crippen LogP contribution in [0, 0.1) is 5.92 Å². The highest BCUT2D eigenvalue weighted by atomic mass is 79.9. The van der Waals surface area contributed by atoms with Gasteiger partial charge in [-0.05, 0) is 95.3 Å². The van der Waals surface area contributed by atoms with Gasteiger partial charge in [-0.15, -0.1) is 11.3 Å². The Morgan fingerprint density at radius 2 is 2.11 bits per heavy atom. The summed E-state index contributed by atoms with van der Waals surface area (Å²) in [5.74, 6) is 0.429. The Hall–Kier alpha value is -1.03. The van der Waals surface area contributed by atoms with E-state index in [-0.39, 0.29) is 0 Å². The maximum Gasteiger partial charge on any atom is 0.0711 e. The van der Waals surface area contributed by atoms with Crippen LogP contribution < -0.4 is 9.75 Å². The number of halogens is 1. The summed E-state index contributed by atoms with van der Waals surface area (Å²) in [6, 6.07) is 2.33. The van der Waals surface area contributed by atoms with Crippen LogP contribution in [0.5, 0.6) is 0 Å². The SMILES string of the molecule is C=C(/C=C\C(C)=C\C)C1=c2sc(Br)cc2=C(C2=CC(C)=CCC2)C(SC)C1C. The van der Waals surface area contributed by atoms with E-state index < -0.39 is 0 Å². The van der Waals surface area contributed by atoms with Gasteiger partial charge in [0.15, 0.2) is 0 Å². The molecule has 0 saturated carbocycles. The van der Waals surface area contributed by atoms with E-state index in [0.717, 1.165) is 18.4 Å². The van der Waals surface area contributed by atoms with Crippen molar-refractivity contribution in [3.63, 3.8) is 0 Å². The minimum atomic E-state index is 0.429. The smallest absolute Gasteiger partial charge is 0.0711 e. The Morgan fingerprint density at radius 3 is 2.75 bits per heavy atom. The molecule has 1 aromatic rings. The van der Waals surface area contributed by atoms with Gasteiger partial charge in [0.1, 0.15) is 0 Å². The van der Waals surface area contributed by atoms with E-state index in [9.17, 15) is 0 Å². The Bertz CT molecular complexity index is 1030. The first-order chi connectivity index (χ1) is 13.4. The quantitative estimate of drug-likeness (QED) is 0.418. The van der Waals surface area contributed by atoms with Crippen molar-refractivity contribution in [1.82, 2.24) is 0 Å². The Morgan fingerprint density at radius 1 is 1.36 bits per heavy atom. The molecule has 3 heteroatoms. The van der Waals surface area contributed by atoms with Gasteiger partial charge in [-0.2, -0.15) is 11.8 Å². The number of allylic oxidation sites excluding steroid dienone is 9. The van der Waals surface area contributed by atoms with Gasteiger partial charge in [0.2, 0.25) is 0 Å². The van der Waals surface area contributed by atoms with Crippen LogP contribution in [0.15, 0.2) is 69.1 Å². The molecule has 0 fully saturated rings. The lowest BCUT2D eigenvalue weighted by Crippen LogP contribution is -2.39. The van der Waals surface area contributed by atoms with E-state index in [1.165, 1.54) is 41.4 Å². The number of thioether (sulfide) groups is 1. The van der Waals surface area contributed by atoms with Crippen molar-refractivity contribution in [3.05, 3.63) is 78.9 Å². The van der Waals surface area contributed by atoms with Crippen LogP contribution in [0.25, 0.3) is 11.1 Å². The fourth-order valence-electron chi connectivity index (χ4n) is 4.13. The normalized spacial score (nSPS) is 23.0. The molecule has 0 amide bonds. The molecule has 2 unspecified atom stereocenters. The van der Waals surface area contributed by atoms with Crippen LogP contribution in [0.2, 0.25) is 0 Å². The first-order valence-corrected chi connectivity index (χ1v) is 12.7. The molecule has 0 spiro atoms. The number of fused-ring (bicyclic) bond motifs is 1. The van der Waals surface area contributed by atoms with Crippen molar-refractivity contribution in [1.29, 1.82) is 0 Å². The minimum Gasteiger partial charge on any atom is -0.157 e. The maximum atomic E-state index is 4.46. The fraction of sp³-hybridized carbons (Fsp3) is 0.360. The lowest BCUT2D eigenvalue weighted by Gasteiger charge is -2.32. The van der Waals surface area contributed by atoms with E-state index >= 15 is 0 Å². The van der Waals surface area contributed by atoms with Crippen LogP contribution in [-0.4, -0.2) is 11.5 Å². The fourth-order valence-corrected chi connectivity index (χ4v) is 6.98. The van der Waals surface area contributed by atoms with Gasteiger partial charge in [0.25, 0.3) is 0 Å². The summed E-state index contributed by atoms with van der Waals surface area (Å²) in [7, 11) is 0. The maximum absolute atomic E-state index is 4.46. The summed E-state index contributed by atoms with van der Waals surface area (Å²) in [4.78, 5) is 0. The van der Waals surface area contributed by atoms with Crippen LogP contribution >= 0.6 is 39.0 Å². The molecule has 0 nitrogen and oxygen atoms in total. The van der Waals surface area contributed by atoms with Gasteiger partial charge < -0.3 is 0 Å². The molecule has 0 saturated heterocycles. The zero-order valence-corrected chi connectivity index (χ0v) is 20.7. The van der Waals surface area contributed by atoms with Gasteiger partial charge in [0, 0.05) is 9.78 Å². The summed E-state index contributed by atoms with van der Waals surface area (Å²) in [6.07, 6.45) is 15.8. The zero-order chi connectivity index (χ0) is 20.4. The Kier molecular flexibility index (Phi) is 7.12. The molecule has 1 heterocycles. The Labute approximate surface area is 186 Å². The first kappa shape index (κ1) is 21.7. The largest absolute Gasteiger partial charge is 0.157 e. The molecule has 28 heavy (non-hydrogen) atoms. The lowest BCUT2D eigenvalue weighted by atomic mass is 9.79. The van der Waals surface area contributed by atoms with Crippen LogP contribution in [0.1, 0.15) is 40.5 Å². The average molecular weight is 474 g/mol. The highest BCUT2D eigenvalue weighted by Gasteiger charge is 2.32. The van der Waals surface area contributed by atoms with Crippen LogP contribution in [0.4, 0.5) is 0 Å². The van der Waals surface area contributed by atoms with Crippen molar-refractivity contribution in [2.45, 2.75) is 45.8 Å². The van der Waals surface area contributed by atoms with E-state index in [1.54, 1.807) is 0 Å². The number of rotatable bonds is 5. The summed E-state index contributed by atoms with van der Waals surface area (Å²) < 4.78 is 2.59. The predicted molar refractivity (Wildman–Crippen MR) is 133 cm³/mol. The Balaban J connectivity index is 2.29. The molecule has 0 aromatic carbocycles. The van der Waals surface area contributed by atoms with Crippen LogP contribution in [-0.2, 0) is 0 Å². The summed E-state index contributed by atoms with van der Waals surface area (Å²) in [6.45, 7) is 13.3. The van der Waals surface area contributed by atoms with E-state index in [4.69, 9.17) is 0 Å². The predicted octanol–water partition coefficient (Wildman–Crippen LogP) is 6.94. The third-order valence-corrected chi connectivity index (χ3v) is 8.48. The number of hydrogen-bond donors (Lipinski definition) is 0. The van der Waals surface area contributed by atoms with Gasteiger partial charge in [-0.25, -0.2) is 0 Å². The molecule has 0 radical (unpaired) electrons. The molecule has 2 aliphatic rings. The van der Waals surface area contributed by atoms with Crippen molar-refractivity contribution in [2.24, 2.45) is 5.92 Å². The van der Waals surface area contributed by atoms with Gasteiger partial charge in [0.05, 0.1) is 3.79 Å². The monoisotopic (exact) mass is 472 g/mol. The standard InChI is InChI=1S/C25H29BrS2/c1-7-15(2)11-12-17(4)22-18(5)24(27-6)23(19-10-8-9-16(3)13-19)20-14-21(26)28-25(20)22/h7,9,11-14,18,24H,4,8,10H2,1-3,5-6H3/b12-11-,15-7+. The van der Waals surface area contributed by atoms with Crippen molar-refractivity contribution in [3.8, 4) is 0 Å². The van der Waals surface area contributed by atoms with Gasteiger partial charge >= 0.3 is 0 Å². The molecule has 2 aliphatic carbocycles. The molecule has 3 rings (SSSR count). The van der Waals surface area contributed by atoms with Crippen molar-refractivity contribution in [2.75, 3.05) is 6.26 Å². The minimum absolute atomic E-state index is 0.429. The summed E-state index contributed by atoms with van der Waals surface area (Å²) in [5.41, 5.74) is 8.24. The topological polar surface area (TPSA) is 0 Å². The molecule has 148 valence electrons. The second-order valence-electron chi connectivity index (χ2n) is 7.61. The molecule has 1 aromatic heterocycles. The van der Waals surface area contributed by atoms with Crippen molar-refractivity contribution >= 4 is 50.2 Å².